The minimum absolute atomic E-state index is 0.0279. The van der Waals surface area contributed by atoms with Gasteiger partial charge in [-0.1, -0.05) is 12.7 Å². The maximum Gasteiger partial charge on any atom is 0.277 e. The molecule has 3 rings (SSSR count). The van der Waals surface area contributed by atoms with Crippen LogP contribution in [0.1, 0.15) is 36.0 Å². The van der Waals surface area contributed by atoms with Gasteiger partial charge in [-0.05, 0) is 46.8 Å². The number of hydroxylamine groups is 1. The highest BCUT2D eigenvalue weighted by atomic mass is 32.2. The topological polar surface area (TPSA) is 142 Å². The van der Waals surface area contributed by atoms with Gasteiger partial charge in [0.25, 0.3) is 19.6 Å². The molecule has 0 aromatic rings. The van der Waals surface area contributed by atoms with E-state index in [9.17, 15) is 13.2 Å². The number of nitrogens with one attached hydrogen (secondary N) is 2. The van der Waals surface area contributed by atoms with Crippen LogP contribution in [0.4, 0.5) is 0 Å². The van der Waals surface area contributed by atoms with E-state index in [1.807, 2.05) is 27.7 Å². The predicted octanol–water partition coefficient (Wildman–Crippen LogP) is 1.60. The molecule has 0 aromatic carbocycles. The van der Waals surface area contributed by atoms with E-state index in [4.69, 9.17) is 33.6 Å². The molecule has 3 N–H and O–H groups in total. The first-order chi connectivity index (χ1) is 20.3. The fraction of sp³-hybridized carbons (Fsp3) is 0.680. The number of amides is 1. The molecule has 41 heavy (non-hydrogen) atoms. The van der Waals surface area contributed by atoms with E-state index in [0.29, 0.717) is 6.54 Å². The van der Waals surface area contributed by atoms with Gasteiger partial charge in [-0.25, -0.2) is 17.7 Å². The van der Waals surface area contributed by atoms with Crippen molar-refractivity contribution in [3.63, 3.8) is 0 Å². The second kappa shape index (κ2) is 16.2. The summed E-state index contributed by atoms with van der Waals surface area (Å²) in [7, 11) is -3.56. The number of rotatable bonds is 11. The van der Waals surface area contributed by atoms with Gasteiger partial charge in [0.15, 0.2) is 22.2 Å². The number of carbonyl (C=O) groups excluding carboxylic acids is 1. The average molecular weight is 641 g/mol. The van der Waals surface area contributed by atoms with Gasteiger partial charge < -0.3 is 34.2 Å². The van der Waals surface area contributed by atoms with Crippen molar-refractivity contribution in [3.05, 3.63) is 37.3 Å². The first-order valence-corrected chi connectivity index (χ1v) is 16.5. The number of hydrogen-bond acceptors (Lipinski definition) is 12. The molecule has 2 fully saturated rings. The Morgan fingerprint density at radius 3 is 2.59 bits per heavy atom. The zero-order valence-corrected chi connectivity index (χ0v) is 26.8. The SMILES string of the molecule is [2H]C[C@H]1O[C@@H](N2C=CC(=O)NC2=C)C(OC(=S)N2CCS(=O)(=O)CC2)[C@H]1OP(ONCC=C)N(C(C)C)C(C)C.[3H]OC. The molecule has 0 aliphatic carbocycles. The van der Waals surface area contributed by atoms with Crippen molar-refractivity contribution >= 4 is 41.7 Å². The van der Waals surface area contributed by atoms with Crippen molar-refractivity contribution in [1.29, 1.82) is 1.43 Å². The Balaban J connectivity index is 0.00000206. The Kier molecular flexibility index (Phi) is 12.8. The molecule has 0 saturated carbocycles. The lowest BCUT2D eigenvalue weighted by molar-refractivity contribution is -0.118. The number of thiocarbonyl (C=S) groups is 1. The number of hydrogen-bond donors (Lipinski definition) is 3. The van der Waals surface area contributed by atoms with Gasteiger partial charge in [-0.3, -0.25) is 4.79 Å². The Hall–Kier alpha value is -1.68. The van der Waals surface area contributed by atoms with Crippen LogP contribution in [0.2, 0.25) is 0 Å². The van der Waals surface area contributed by atoms with Crippen LogP contribution in [0.25, 0.3) is 0 Å². The highest BCUT2D eigenvalue weighted by molar-refractivity contribution is 7.91. The molecule has 3 aliphatic rings. The Morgan fingerprint density at radius 2 is 2.05 bits per heavy atom. The van der Waals surface area contributed by atoms with Crippen LogP contribution in [-0.2, 0) is 33.3 Å². The van der Waals surface area contributed by atoms with Crippen LogP contribution in [0.5, 0.6) is 0 Å². The molecular formula is C25H44N5O8PS2. The highest BCUT2D eigenvalue weighted by Gasteiger charge is 2.51. The van der Waals surface area contributed by atoms with Crippen molar-refractivity contribution in [2.75, 3.05) is 38.2 Å². The zero-order valence-electron chi connectivity index (χ0n) is 26.2. The molecule has 0 spiro atoms. The average Bonchev–Trinajstić information content (AvgIpc) is 3.25. The van der Waals surface area contributed by atoms with Gasteiger partial charge in [-0.2, -0.15) is 5.48 Å². The quantitative estimate of drug-likeness (QED) is 0.0991. The molecule has 0 aromatic heterocycles. The van der Waals surface area contributed by atoms with Crippen molar-refractivity contribution < 1.29 is 38.3 Å². The number of aliphatic hydroxyl groups is 1. The van der Waals surface area contributed by atoms with Crippen LogP contribution < -0.4 is 10.8 Å². The normalized spacial score (nSPS) is 27.2. The molecule has 13 nitrogen and oxygen atoms in total. The van der Waals surface area contributed by atoms with Crippen molar-refractivity contribution in [2.24, 2.45) is 0 Å². The van der Waals surface area contributed by atoms with Gasteiger partial charge in [0, 0.05) is 52.5 Å². The van der Waals surface area contributed by atoms with E-state index in [1.165, 1.54) is 19.4 Å². The standard InChI is InChI=1S/C24H40N5O7PS2.CH4O/c1-8-10-25-36-37(29(16(2)3)17(4)5)35-21-18(6)33-23(28-11-9-20(30)26-19(28)7)22(21)34-24(38)27-12-14-39(31,32)15-13-27;1-2/h8-9,11,16-18,21-23,25H,1,7,10,12-15H2,2-6H3,(H,26,30);2H,1H3/t18-,21+,22?,23-,37?;/m1./s1/i6D;2T. The molecule has 5 atom stereocenters. The number of sulfone groups is 1. The predicted molar refractivity (Wildman–Crippen MR) is 162 cm³/mol. The van der Waals surface area contributed by atoms with Crippen LogP contribution in [-0.4, -0.2) is 115 Å². The van der Waals surface area contributed by atoms with E-state index >= 15 is 0 Å². The monoisotopic (exact) mass is 640 g/mol. The van der Waals surface area contributed by atoms with E-state index in [-0.39, 0.29) is 60.5 Å². The van der Waals surface area contributed by atoms with Crippen molar-refractivity contribution in [1.82, 2.24) is 25.3 Å². The summed E-state index contributed by atoms with van der Waals surface area (Å²) in [5.74, 6) is -0.122. The third kappa shape index (κ3) is 9.66. The third-order valence-corrected chi connectivity index (χ3v) is 10.2. The summed E-state index contributed by atoms with van der Waals surface area (Å²) < 4.78 is 65.2. The van der Waals surface area contributed by atoms with Gasteiger partial charge >= 0.3 is 0 Å². The summed E-state index contributed by atoms with van der Waals surface area (Å²) in [6, 6.07) is 0.111. The summed E-state index contributed by atoms with van der Waals surface area (Å²) in [4.78, 5) is 15.2. The van der Waals surface area contributed by atoms with E-state index in [1.54, 1.807) is 15.9 Å². The van der Waals surface area contributed by atoms with Gasteiger partial charge in [0.05, 0.1) is 17.6 Å². The minimum Gasteiger partial charge on any atom is -0.460 e. The second-order valence-electron chi connectivity index (χ2n) is 9.82. The molecule has 234 valence electrons. The zero-order chi connectivity index (χ0) is 32.3. The fourth-order valence-corrected chi connectivity index (χ4v) is 7.49. The number of aliphatic hydroxyl groups excluding tert-OH is 1. The van der Waals surface area contributed by atoms with Gasteiger partial charge in [0.1, 0.15) is 11.9 Å². The maximum absolute atomic E-state index is 12.0. The number of ether oxygens (including phenoxy) is 2. The van der Waals surface area contributed by atoms with Crippen LogP contribution >= 0.6 is 20.7 Å². The fourth-order valence-electron chi connectivity index (χ4n) is 4.35. The highest BCUT2D eigenvalue weighted by Crippen LogP contribution is 2.49. The largest absolute Gasteiger partial charge is 0.460 e. The first-order valence-electron chi connectivity index (χ1n) is 14.2. The van der Waals surface area contributed by atoms with Crippen LogP contribution in [0, 0.1) is 0 Å². The summed E-state index contributed by atoms with van der Waals surface area (Å²) in [6.45, 7) is 16.4. The molecule has 2 unspecified atom stereocenters. The number of carbonyl (C=O) groups is 1. The Morgan fingerprint density at radius 1 is 1.41 bits per heavy atom. The molecular weight excluding hydrogens is 593 g/mol. The lowest BCUT2D eigenvalue weighted by atomic mass is 10.1. The summed E-state index contributed by atoms with van der Waals surface area (Å²) in [5, 5.41) is 6.25. The summed E-state index contributed by atoms with van der Waals surface area (Å²) >= 11 is 5.61. The Labute approximate surface area is 253 Å². The first kappa shape index (κ1) is 32.2. The lowest BCUT2D eigenvalue weighted by Crippen LogP contribution is -2.51. The third-order valence-electron chi connectivity index (χ3n) is 6.19. The molecule has 2 saturated heterocycles. The lowest BCUT2D eigenvalue weighted by Gasteiger charge is -2.39. The van der Waals surface area contributed by atoms with E-state index in [2.05, 4.69) is 33.7 Å². The van der Waals surface area contributed by atoms with E-state index in [0.717, 1.165) is 0 Å². The minimum atomic E-state index is -3.13. The van der Waals surface area contributed by atoms with Crippen molar-refractivity contribution in [3.8, 4) is 0 Å². The summed E-state index contributed by atoms with van der Waals surface area (Å²) in [6.07, 6.45) is 1.23. The smallest absolute Gasteiger partial charge is 0.277 e. The van der Waals surface area contributed by atoms with Gasteiger partial charge in [-0.15, -0.1) is 6.58 Å². The second-order valence-corrected chi connectivity index (χ2v) is 13.8. The molecule has 1 amide bonds. The summed E-state index contributed by atoms with van der Waals surface area (Å²) in [5.41, 5.74) is 2.88. The van der Waals surface area contributed by atoms with Crippen LogP contribution in [0.3, 0.4) is 0 Å². The molecule has 0 radical (unpaired) electrons. The molecule has 16 heteroatoms. The molecule has 3 aliphatic heterocycles. The van der Waals surface area contributed by atoms with Crippen molar-refractivity contribution in [2.45, 2.75) is 71.2 Å². The van der Waals surface area contributed by atoms with E-state index < -0.39 is 42.9 Å². The van der Waals surface area contributed by atoms with Crippen LogP contribution in [0.15, 0.2) is 37.3 Å². The molecule has 0 bridgehead atoms. The Bertz CT molecular complexity index is 1080. The number of nitrogens with zero attached hydrogens (tertiary/aromatic N) is 3. The van der Waals surface area contributed by atoms with Gasteiger partial charge in [0.2, 0.25) is 1.43 Å². The maximum atomic E-state index is 12.0. The molecule has 3 heterocycles.